The summed E-state index contributed by atoms with van der Waals surface area (Å²) in [5.74, 6) is -0.673. The van der Waals surface area contributed by atoms with Gasteiger partial charge in [-0.15, -0.1) is 6.58 Å². The number of nitro groups is 1. The first-order chi connectivity index (χ1) is 13.8. The largest absolute Gasteiger partial charge is 0.312 e. The minimum Gasteiger partial charge on any atom is -0.312 e. The van der Waals surface area contributed by atoms with Crippen molar-refractivity contribution in [2.45, 2.75) is 18.4 Å². The normalized spacial score (nSPS) is 12.2. The van der Waals surface area contributed by atoms with Gasteiger partial charge in [-0.2, -0.15) is 4.99 Å². The molecule has 0 N–H and O–H groups in total. The van der Waals surface area contributed by atoms with E-state index in [0.717, 1.165) is 11.3 Å². The quantitative estimate of drug-likeness (QED) is 0.338. The first-order valence-corrected chi connectivity index (χ1v) is 11.0. The molecule has 0 saturated carbocycles. The zero-order valence-electron chi connectivity index (χ0n) is 15.4. The molecule has 29 heavy (non-hydrogen) atoms. The second-order valence-electron chi connectivity index (χ2n) is 6.04. The molecule has 0 aliphatic heterocycles. The van der Waals surface area contributed by atoms with E-state index in [1.54, 1.807) is 16.7 Å². The molecule has 1 aromatic heterocycles. The van der Waals surface area contributed by atoms with Crippen LogP contribution in [0.15, 0.2) is 65.0 Å². The van der Waals surface area contributed by atoms with E-state index < -0.39 is 20.7 Å². The first kappa shape index (κ1) is 20.6. The number of hydrogen-bond acceptors (Lipinski definition) is 6. The van der Waals surface area contributed by atoms with Gasteiger partial charge in [0.15, 0.2) is 14.6 Å². The summed E-state index contributed by atoms with van der Waals surface area (Å²) in [6.45, 7) is 5.58. The Balaban J connectivity index is 2.13. The Hall–Kier alpha value is -3.11. The number of benzene rings is 2. The van der Waals surface area contributed by atoms with Crippen LogP contribution in [0.25, 0.3) is 10.2 Å². The number of non-ortho nitro benzene ring substituents is 1. The number of thiazole rings is 1. The smallest absolute Gasteiger partial charge is 0.279 e. The summed E-state index contributed by atoms with van der Waals surface area (Å²) in [6.07, 6.45) is 1.63. The lowest BCUT2D eigenvalue weighted by Gasteiger charge is -2.03. The Morgan fingerprint density at radius 1 is 1.31 bits per heavy atom. The van der Waals surface area contributed by atoms with Gasteiger partial charge in [-0.25, -0.2) is 8.42 Å². The molecule has 1 amide bonds. The van der Waals surface area contributed by atoms with Crippen molar-refractivity contribution in [1.82, 2.24) is 4.57 Å². The van der Waals surface area contributed by atoms with Crippen molar-refractivity contribution in [2.24, 2.45) is 4.99 Å². The van der Waals surface area contributed by atoms with E-state index >= 15 is 0 Å². The third-order valence-corrected chi connectivity index (χ3v) is 6.98. The first-order valence-electron chi connectivity index (χ1n) is 8.57. The molecule has 1 heterocycles. The predicted octanol–water partition coefficient (Wildman–Crippen LogP) is 3.33. The highest BCUT2D eigenvalue weighted by Crippen LogP contribution is 2.23. The Labute approximate surface area is 170 Å². The lowest BCUT2D eigenvalue weighted by molar-refractivity contribution is -0.384. The molecule has 10 heteroatoms. The van der Waals surface area contributed by atoms with Crippen molar-refractivity contribution in [1.29, 1.82) is 0 Å². The number of sulfone groups is 1. The van der Waals surface area contributed by atoms with E-state index in [9.17, 15) is 23.3 Å². The predicted molar refractivity (Wildman–Crippen MR) is 111 cm³/mol. The van der Waals surface area contributed by atoms with Crippen LogP contribution in [0.4, 0.5) is 5.69 Å². The van der Waals surface area contributed by atoms with Crippen LogP contribution in [-0.4, -0.2) is 29.6 Å². The van der Waals surface area contributed by atoms with Crippen molar-refractivity contribution < 1.29 is 18.1 Å². The molecule has 2 aromatic carbocycles. The average molecular weight is 431 g/mol. The summed E-state index contributed by atoms with van der Waals surface area (Å²) >= 11 is 1.14. The topological polar surface area (TPSA) is 112 Å². The van der Waals surface area contributed by atoms with Gasteiger partial charge in [-0.05, 0) is 24.3 Å². The van der Waals surface area contributed by atoms with Crippen LogP contribution in [-0.2, 0) is 16.4 Å². The molecule has 0 radical (unpaired) electrons. The molecule has 0 bridgehead atoms. The Bertz CT molecular complexity index is 1300. The lowest BCUT2D eigenvalue weighted by atomic mass is 10.2. The van der Waals surface area contributed by atoms with Crippen molar-refractivity contribution in [3.8, 4) is 0 Å². The van der Waals surface area contributed by atoms with E-state index in [0.29, 0.717) is 21.6 Å². The zero-order valence-corrected chi connectivity index (χ0v) is 17.1. The molecule has 0 aliphatic carbocycles. The van der Waals surface area contributed by atoms with Crippen LogP contribution < -0.4 is 4.80 Å². The Morgan fingerprint density at radius 3 is 2.72 bits per heavy atom. The van der Waals surface area contributed by atoms with Crippen molar-refractivity contribution in [3.05, 3.63) is 75.6 Å². The minimum atomic E-state index is -3.45. The van der Waals surface area contributed by atoms with Gasteiger partial charge in [-0.1, -0.05) is 30.4 Å². The molecule has 3 rings (SSSR count). The second-order valence-corrected chi connectivity index (χ2v) is 9.33. The highest BCUT2D eigenvalue weighted by atomic mass is 32.2. The summed E-state index contributed by atoms with van der Waals surface area (Å²) in [5, 5.41) is 11.0. The third-order valence-electron chi connectivity index (χ3n) is 4.21. The number of nitrogens with zero attached hydrogens (tertiary/aromatic N) is 3. The molecule has 0 spiro atoms. The van der Waals surface area contributed by atoms with Crippen molar-refractivity contribution in [3.63, 3.8) is 0 Å². The van der Waals surface area contributed by atoms with E-state index in [2.05, 4.69) is 11.6 Å². The molecular weight excluding hydrogens is 414 g/mol. The molecule has 8 nitrogen and oxygen atoms in total. The van der Waals surface area contributed by atoms with Crippen LogP contribution >= 0.6 is 11.3 Å². The monoisotopic (exact) mass is 431 g/mol. The van der Waals surface area contributed by atoms with Gasteiger partial charge in [0, 0.05) is 24.2 Å². The number of rotatable bonds is 6. The molecule has 0 atom stereocenters. The fourth-order valence-corrected chi connectivity index (χ4v) is 4.70. The van der Waals surface area contributed by atoms with Gasteiger partial charge in [0.25, 0.3) is 11.6 Å². The van der Waals surface area contributed by atoms with Gasteiger partial charge < -0.3 is 4.57 Å². The van der Waals surface area contributed by atoms with Crippen LogP contribution in [0.5, 0.6) is 0 Å². The van der Waals surface area contributed by atoms with Crippen LogP contribution in [0.2, 0.25) is 0 Å². The molecule has 0 saturated heterocycles. The van der Waals surface area contributed by atoms with E-state index in [4.69, 9.17) is 0 Å². The van der Waals surface area contributed by atoms with Gasteiger partial charge >= 0.3 is 0 Å². The standard InChI is InChI=1S/C19H17N3O5S2/c1-3-10-21-16-9-8-14(22(24)25)12-17(16)28-19(21)20-18(23)13-6-5-7-15(11-13)29(26,27)4-2/h3,5-9,11-12H,1,4,10H2,2H3. The second kappa shape index (κ2) is 8.10. The lowest BCUT2D eigenvalue weighted by Crippen LogP contribution is -2.16. The SMILES string of the molecule is C=CCn1c(=NC(=O)c2cccc(S(=O)(=O)CC)c2)sc2cc([N+](=O)[O-])ccc21. The number of aromatic nitrogens is 1. The number of amides is 1. The van der Waals surface area contributed by atoms with Gasteiger partial charge in [-0.3, -0.25) is 14.9 Å². The maximum absolute atomic E-state index is 12.7. The van der Waals surface area contributed by atoms with Gasteiger partial charge in [0.05, 0.1) is 25.8 Å². The van der Waals surface area contributed by atoms with E-state index in [-0.39, 0.29) is 21.9 Å². The van der Waals surface area contributed by atoms with E-state index in [1.165, 1.54) is 43.3 Å². The summed E-state index contributed by atoms with van der Waals surface area (Å²) in [7, 11) is -3.45. The third kappa shape index (κ3) is 4.17. The number of hydrogen-bond donors (Lipinski definition) is 0. The van der Waals surface area contributed by atoms with Gasteiger partial charge in [0.2, 0.25) is 0 Å². The molecule has 0 fully saturated rings. The van der Waals surface area contributed by atoms with Crippen LogP contribution in [0, 0.1) is 10.1 Å². The maximum atomic E-state index is 12.7. The Kier molecular flexibility index (Phi) is 5.76. The average Bonchev–Trinajstić information content (AvgIpc) is 3.04. The van der Waals surface area contributed by atoms with Gasteiger partial charge in [0.1, 0.15) is 0 Å². The maximum Gasteiger partial charge on any atom is 0.279 e. The number of fused-ring (bicyclic) bond motifs is 1. The van der Waals surface area contributed by atoms with Crippen molar-refractivity contribution in [2.75, 3.05) is 5.75 Å². The molecule has 0 aliphatic rings. The molecular formula is C19H17N3O5S2. The summed E-state index contributed by atoms with van der Waals surface area (Å²) in [6, 6.07) is 10.2. The highest BCUT2D eigenvalue weighted by molar-refractivity contribution is 7.91. The van der Waals surface area contributed by atoms with E-state index in [1.807, 2.05) is 0 Å². The minimum absolute atomic E-state index is 0.0557. The molecule has 3 aromatic rings. The highest BCUT2D eigenvalue weighted by Gasteiger charge is 2.15. The molecule has 150 valence electrons. The Morgan fingerprint density at radius 2 is 2.07 bits per heavy atom. The molecule has 0 unspecified atom stereocenters. The zero-order chi connectivity index (χ0) is 21.2. The fourth-order valence-electron chi connectivity index (χ4n) is 2.71. The summed E-state index contributed by atoms with van der Waals surface area (Å²) in [5.41, 5.74) is 0.780. The van der Waals surface area contributed by atoms with Crippen LogP contribution in [0.1, 0.15) is 17.3 Å². The number of allylic oxidation sites excluding steroid dienone is 1. The fraction of sp³-hybridized carbons (Fsp3) is 0.158. The summed E-state index contributed by atoms with van der Waals surface area (Å²) < 4.78 is 26.5. The van der Waals surface area contributed by atoms with Crippen molar-refractivity contribution >= 4 is 43.0 Å². The number of carbonyl (C=O) groups excluding carboxylic acids is 1. The number of nitro benzene ring substituents is 1. The number of carbonyl (C=O) groups is 1. The summed E-state index contributed by atoms with van der Waals surface area (Å²) in [4.78, 5) is 27.8. The van der Waals surface area contributed by atoms with Crippen LogP contribution in [0.3, 0.4) is 0 Å².